The Hall–Kier alpha value is -1.06. The molecule has 19 heavy (non-hydrogen) atoms. The second-order valence-electron chi connectivity index (χ2n) is 6.04. The minimum Gasteiger partial charge on any atom is -0.493 e. The fourth-order valence-electron chi connectivity index (χ4n) is 3.37. The van der Waals surface area contributed by atoms with Gasteiger partial charge in [-0.25, -0.2) is 0 Å². The van der Waals surface area contributed by atoms with E-state index in [0.717, 1.165) is 24.7 Å². The van der Waals surface area contributed by atoms with Crippen molar-refractivity contribution in [2.75, 3.05) is 13.2 Å². The van der Waals surface area contributed by atoms with E-state index in [9.17, 15) is 0 Å². The van der Waals surface area contributed by atoms with Crippen LogP contribution in [-0.4, -0.2) is 19.2 Å². The van der Waals surface area contributed by atoms with Crippen LogP contribution in [0, 0.1) is 5.92 Å². The van der Waals surface area contributed by atoms with E-state index < -0.39 is 0 Å². The number of nitrogens with two attached hydrogens (primary N) is 1. The Kier molecular flexibility index (Phi) is 3.76. The lowest BCUT2D eigenvalue weighted by atomic mass is 10.0. The highest BCUT2D eigenvalue weighted by Crippen LogP contribution is 2.30. The predicted molar refractivity (Wildman–Crippen MR) is 77.4 cm³/mol. The average molecular weight is 260 g/mol. The van der Waals surface area contributed by atoms with Crippen molar-refractivity contribution >= 4 is 0 Å². The van der Waals surface area contributed by atoms with E-state index in [2.05, 4.69) is 30.4 Å². The van der Waals surface area contributed by atoms with Crippen molar-refractivity contribution in [3.63, 3.8) is 0 Å². The van der Waals surface area contributed by atoms with E-state index in [1.54, 1.807) is 0 Å². The molecular formula is C16H24N2O. The number of hydrogen-bond acceptors (Lipinski definition) is 3. The van der Waals surface area contributed by atoms with E-state index in [-0.39, 0.29) is 6.04 Å². The summed E-state index contributed by atoms with van der Waals surface area (Å²) in [6.45, 7) is 3.82. The lowest BCUT2D eigenvalue weighted by molar-refractivity contribution is 0.356. The summed E-state index contributed by atoms with van der Waals surface area (Å²) in [5, 5.41) is 3.74. The molecule has 0 saturated heterocycles. The van der Waals surface area contributed by atoms with Gasteiger partial charge in [0, 0.05) is 25.0 Å². The molecule has 0 aromatic heterocycles. The first-order valence-electron chi connectivity index (χ1n) is 7.48. The van der Waals surface area contributed by atoms with Gasteiger partial charge in [-0.1, -0.05) is 19.1 Å². The van der Waals surface area contributed by atoms with Crippen LogP contribution in [0.3, 0.4) is 0 Å². The summed E-state index contributed by atoms with van der Waals surface area (Å²) in [7, 11) is 0. The van der Waals surface area contributed by atoms with Crippen molar-refractivity contribution in [1.29, 1.82) is 0 Å². The molecule has 2 aliphatic rings. The van der Waals surface area contributed by atoms with E-state index in [4.69, 9.17) is 10.5 Å². The molecule has 1 aliphatic heterocycles. The first kappa shape index (κ1) is 12.9. The average Bonchev–Trinajstić information content (AvgIpc) is 3.03. The first-order chi connectivity index (χ1) is 9.26. The zero-order chi connectivity index (χ0) is 13.2. The Bertz CT molecular complexity index is 446. The molecule has 0 spiro atoms. The topological polar surface area (TPSA) is 47.3 Å². The Morgan fingerprint density at radius 3 is 3.05 bits per heavy atom. The molecule has 1 fully saturated rings. The maximum atomic E-state index is 5.97. The van der Waals surface area contributed by atoms with Crippen LogP contribution in [0.5, 0.6) is 5.75 Å². The molecule has 1 heterocycles. The SMILES string of the molecule is CC1CCC(NC(CN)c2ccc3c(c2)CCO3)C1. The van der Waals surface area contributed by atoms with Crippen LogP contribution in [-0.2, 0) is 6.42 Å². The van der Waals surface area contributed by atoms with Gasteiger partial charge in [0.05, 0.1) is 6.61 Å². The van der Waals surface area contributed by atoms with E-state index in [1.807, 2.05) is 0 Å². The lowest BCUT2D eigenvalue weighted by Crippen LogP contribution is -2.35. The molecule has 3 atom stereocenters. The first-order valence-corrected chi connectivity index (χ1v) is 7.48. The van der Waals surface area contributed by atoms with Crippen molar-refractivity contribution < 1.29 is 4.74 Å². The van der Waals surface area contributed by atoms with Crippen LogP contribution in [0.15, 0.2) is 18.2 Å². The maximum absolute atomic E-state index is 5.97. The molecule has 0 radical (unpaired) electrons. The molecule has 0 bridgehead atoms. The summed E-state index contributed by atoms with van der Waals surface area (Å²) >= 11 is 0. The Morgan fingerprint density at radius 2 is 2.32 bits per heavy atom. The van der Waals surface area contributed by atoms with Crippen molar-refractivity contribution in [3.8, 4) is 5.75 Å². The minimum atomic E-state index is 0.279. The van der Waals surface area contributed by atoms with Gasteiger partial charge in [0.2, 0.25) is 0 Å². The Balaban J connectivity index is 1.71. The second-order valence-corrected chi connectivity index (χ2v) is 6.04. The van der Waals surface area contributed by atoms with Crippen LogP contribution in [0.25, 0.3) is 0 Å². The molecule has 3 N–H and O–H groups in total. The summed E-state index contributed by atoms with van der Waals surface area (Å²) in [6, 6.07) is 7.44. The number of nitrogens with one attached hydrogen (secondary N) is 1. The van der Waals surface area contributed by atoms with E-state index >= 15 is 0 Å². The van der Waals surface area contributed by atoms with Crippen molar-refractivity contribution in [1.82, 2.24) is 5.32 Å². The number of hydrogen-bond donors (Lipinski definition) is 2. The summed E-state index contributed by atoms with van der Waals surface area (Å²) < 4.78 is 5.56. The largest absolute Gasteiger partial charge is 0.493 e. The van der Waals surface area contributed by atoms with E-state index in [0.29, 0.717) is 12.6 Å². The number of ether oxygens (including phenoxy) is 1. The van der Waals surface area contributed by atoms with Crippen LogP contribution < -0.4 is 15.8 Å². The number of benzene rings is 1. The molecule has 1 aromatic rings. The molecule has 1 aromatic carbocycles. The van der Waals surface area contributed by atoms with Gasteiger partial charge in [-0.15, -0.1) is 0 Å². The summed E-state index contributed by atoms with van der Waals surface area (Å²) in [5.41, 5.74) is 8.61. The molecule has 1 aliphatic carbocycles. The van der Waals surface area contributed by atoms with Crippen LogP contribution >= 0.6 is 0 Å². The quantitative estimate of drug-likeness (QED) is 0.874. The lowest BCUT2D eigenvalue weighted by Gasteiger charge is -2.22. The van der Waals surface area contributed by atoms with Crippen LogP contribution in [0.2, 0.25) is 0 Å². The third-order valence-corrected chi connectivity index (χ3v) is 4.48. The third kappa shape index (κ3) is 2.77. The summed E-state index contributed by atoms with van der Waals surface area (Å²) in [4.78, 5) is 0. The van der Waals surface area contributed by atoms with Gasteiger partial charge in [-0.3, -0.25) is 0 Å². The van der Waals surface area contributed by atoms with Gasteiger partial charge < -0.3 is 15.8 Å². The fraction of sp³-hybridized carbons (Fsp3) is 0.625. The molecule has 1 saturated carbocycles. The molecular weight excluding hydrogens is 236 g/mol. The number of rotatable bonds is 4. The number of fused-ring (bicyclic) bond motifs is 1. The van der Waals surface area contributed by atoms with Gasteiger partial charge in [0.25, 0.3) is 0 Å². The summed E-state index contributed by atoms with van der Waals surface area (Å²) in [5.74, 6) is 1.90. The molecule has 3 nitrogen and oxygen atoms in total. The highest BCUT2D eigenvalue weighted by Gasteiger charge is 2.24. The van der Waals surface area contributed by atoms with Gasteiger partial charge in [-0.2, -0.15) is 0 Å². The normalized spacial score (nSPS) is 27.1. The van der Waals surface area contributed by atoms with Gasteiger partial charge in [0.1, 0.15) is 5.75 Å². The maximum Gasteiger partial charge on any atom is 0.122 e. The Labute approximate surface area is 115 Å². The highest BCUT2D eigenvalue weighted by atomic mass is 16.5. The van der Waals surface area contributed by atoms with Gasteiger partial charge >= 0.3 is 0 Å². The molecule has 3 heteroatoms. The van der Waals surface area contributed by atoms with E-state index in [1.165, 1.54) is 30.4 Å². The molecule has 0 amide bonds. The van der Waals surface area contributed by atoms with Gasteiger partial charge in [0.15, 0.2) is 0 Å². The zero-order valence-corrected chi connectivity index (χ0v) is 11.7. The molecule has 3 rings (SSSR count). The van der Waals surface area contributed by atoms with Crippen LogP contribution in [0.4, 0.5) is 0 Å². The third-order valence-electron chi connectivity index (χ3n) is 4.48. The van der Waals surface area contributed by atoms with Gasteiger partial charge in [-0.05, 0) is 42.4 Å². The standard InChI is InChI=1S/C16H24N2O/c1-11-2-4-14(8-11)18-15(10-17)12-3-5-16-13(9-12)6-7-19-16/h3,5,9,11,14-15,18H,2,4,6-8,10,17H2,1H3. The highest BCUT2D eigenvalue weighted by molar-refractivity contribution is 5.40. The van der Waals surface area contributed by atoms with Crippen molar-refractivity contribution in [2.24, 2.45) is 11.7 Å². The van der Waals surface area contributed by atoms with Crippen LogP contribution in [0.1, 0.15) is 43.4 Å². The molecule has 104 valence electrons. The second kappa shape index (κ2) is 5.51. The van der Waals surface area contributed by atoms with Crippen molar-refractivity contribution in [3.05, 3.63) is 29.3 Å². The smallest absolute Gasteiger partial charge is 0.122 e. The monoisotopic (exact) mass is 260 g/mol. The fourth-order valence-corrected chi connectivity index (χ4v) is 3.37. The summed E-state index contributed by atoms with van der Waals surface area (Å²) in [6.07, 6.45) is 4.93. The predicted octanol–water partition coefficient (Wildman–Crippen LogP) is 2.40. The minimum absolute atomic E-state index is 0.279. The van der Waals surface area contributed by atoms with Crippen molar-refractivity contribution in [2.45, 2.75) is 44.7 Å². The molecule has 3 unspecified atom stereocenters. The zero-order valence-electron chi connectivity index (χ0n) is 11.7. The Morgan fingerprint density at radius 1 is 1.42 bits per heavy atom.